The molecular weight excluding hydrogens is 231 g/mol. The summed E-state index contributed by atoms with van der Waals surface area (Å²) < 4.78 is 24.5. The van der Waals surface area contributed by atoms with Gasteiger partial charge in [-0.15, -0.1) is 0 Å². The molecule has 1 rings (SSSR count). The minimum absolute atomic E-state index is 0.222. The van der Waals surface area contributed by atoms with Crippen LogP contribution in [0.2, 0.25) is 0 Å². The molecule has 18 heavy (non-hydrogen) atoms. The van der Waals surface area contributed by atoms with Gasteiger partial charge in [0.1, 0.15) is 0 Å². The maximum atomic E-state index is 13.3. The smallest absolute Gasteiger partial charge is 0.165 e. The number of rotatable bonds is 8. The molecule has 0 spiro atoms. The Balaban J connectivity index is 2.30. The first-order valence-electron chi connectivity index (χ1n) is 6.56. The van der Waals surface area contributed by atoms with Crippen molar-refractivity contribution >= 4 is 0 Å². The molecule has 3 heteroatoms. The van der Waals surface area contributed by atoms with Gasteiger partial charge in [-0.3, -0.25) is 0 Å². The Morgan fingerprint density at radius 3 is 2.56 bits per heavy atom. The van der Waals surface area contributed by atoms with E-state index >= 15 is 0 Å². The van der Waals surface area contributed by atoms with Crippen LogP contribution < -0.4 is 4.74 Å². The van der Waals surface area contributed by atoms with Crippen LogP contribution in [0.1, 0.15) is 40.0 Å². The molecule has 102 valence electrons. The molecule has 0 saturated heterocycles. The van der Waals surface area contributed by atoms with Crippen LogP contribution in [0.25, 0.3) is 0 Å². The highest BCUT2D eigenvalue weighted by atomic mass is 19.1. The lowest BCUT2D eigenvalue weighted by Gasteiger charge is -2.25. The average Bonchev–Trinajstić information content (AvgIpc) is 2.32. The van der Waals surface area contributed by atoms with Crippen molar-refractivity contribution in [1.82, 2.24) is 0 Å². The first kappa shape index (κ1) is 15.0. The lowest BCUT2D eigenvalue weighted by molar-refractivity contribution is -0.0319. The van der Waals surface area contributed by atoms with E-state index in [9.17, 15) is 4.39 Å². The Morgan fingerprint density at radius 2 is 1.89 bits per heavy atom. The predicted molar refractivity (Wildman–Crippen MR) is 71.5 cm³/mol. The summed E-state index contributed by atoms with van der Waals surface area (Å²) in [4.78, 5) is 0. The number of benzene rings is 1. The number of halogens is 1. The number of para-hydroxylation sites is 1. The summed E-state index contributed by atoms with van der Waals surface area (Å²) in [6, 6.07) is 6.46. The van der Waals surface area contributed by atoms with Gasteiger partial charge in [0.2, 0.25) is 0 Å². The molecular formula is C15H23FO2. The third kappa shape index (κ3) is 5.50. The lowest BCUT2D eigenvalue weighted by Crippen LogP contribution is -2.27. The minimum Gasteiger partial charge on any atom is -0.490 e. The third-order valence-electron chi connectivity index (χ3n) is 2.79. The lowest BCUT2D eigenvalue weighted by atomic mass is 10.1. The van der Waals surface area contributed by atoms with Crippen molar-refractivity contribution in [3.63, 3.8) is 0 Å². The van der Waals surface area contributed by atoms with Crippen molar-refractivity contribution in [3.05, 3.63) is 30.1 Å². The van der Waals surface area contributed by atoms with Crippen molar-refractivity contribution in [3.8, 4) is 5.75 Å². The van der Waals surface area contributed by atoms with Crippen LogP contribution >= 0.6 is 0 Å². The molecule has 0 aliphatic rings. The average molecular weight is 254 g/mol. The number of hydrogen-bond donors (Lipinski definition) is 0. The molecule has 0 unspecified atom stereocenters. The standard InChI is InChI=1S/C15H23FO2/c1-4-5-11-18-15(2,3)10-12-17-14-9-7-6-8-13(14)16/h6-9H,4-5,10-12H2,1-3H3. The highest BCUT2D eigenvalue weighted by Crippen LogP contribution is 2.19. The molecule has 1 aromatic rings. The summed E-state index contributed by atoms with van der Waals surface area (Å²) in [5.41, 5.74) is -0.222. The summed E-state index contributed by atoms with van der Waals surface area (Å²) in [7, 11) is 0. The van der Waals surface area contributed by atoms with Crippen molar-refractivity contribution in [2.24, 2.45) is 0 Å². The highest BCUT2D eigenvalue weighted by molar-refractivity contribution is 5.23. The Kier molecular flexibility index (Phi) is 6.13. The van der Waals surface area contributed by atoms with Gasteiger partial charge in [-0.2, -0.15) is 0 Å². The largest absolute Gasteiger partial charge is 0.490 e. The fourth-order valence-corrected chi connectivity index (χ4v) is 1.53. The zero-order valence-electron chi connectivity index (χ0n) is 11.5. The van der Waals surface area contributed by atoms with Crippen molar-refractivity contribution in [2.75, 3.05) is 13.2 Å². The predicted octanol–water partition coefficient (Wildman–Crippen LogP) is 4.19. The van der Waals surface area contributed by atoms with Crippen LogP contribution in [0.15, 0.2) is 24.3 Å². The molecule has 0 N–H and O–H groups in total. The van der Waals surface area contributed by atoms with Crippen molar-refractivity contribution in [1.29, 1.82) is 0 Å². The van der Waals surface area contributed by atoms with Crippen LogP contribution in [0.4, 0.5) is 4.39 Å². The molecule has 0 fully saturated rings. The Bertz CT molecular complexity index is 350. The zero-order valence-corrected chi connectivity index (χ0v) is 11.5. The number of hydrogen-bond acceptors (Lipinski definition) is 2. The third-order valence-corrected chi connectivity index (χ3v) is 2.79. The molecule has 1 aromatic carbocycles. The minimum atomic E-state index is -0.317. The van der Waals surface area contributed by atoms with Gasteiger partial charge in [0.15, 0.2) is 11.6 Å². The van der Waals surface area contributed by atoms with Gasteiger partial charge in [-0.1, -0.05) is 25.5 Å². The normalized spacial score (nSPS) is 11.6. The van der Waals surface area contributed by atoms with Gasteiger partial charge >= 0.3 is 0 Å². The number of unbranched alkanes of at least 4 members (excludes halogenated alkanes) is 1. The van der Waals surface area contributed by atoms with Gasteiger partial charge in [-0.25, -0.2) is 4.39 Å². The first-order valence-corrected chi connectivity index (χ1v) is 6.56. The van der Waals surface area contributed by atoms with Crippen LogP contribution in [0.5, 0.6) is 5.75 Å². The molecule has 0 aromatic heterocycles. The van der Waals surface area contributed by atoms with Gasteiger partial charge < -0.3 is 9.47 Å². The van der Waals surface area contributed by atoms with Gasteiger partial charge in [-0.05, 0) is 32.4 Å². The molecule has 0 radical (unpaired) electrons. The first-order chi connectivity index (χ1) is 8.55. The van der Waals surface area contributed by atoms with E-state index in [4.69, 9.17) is 9.47 Å². The van der Waals surface area contributed by atoms with E-state index in [0.717, 1.165) is 25.9 Å². The molecule has 0 atom stereocenters. The van der Waals surface area contributed by atoms with Crippen LogP contribution in [-0.4, -0.2) is 18.8 Å². The van der Waals surface area contributed by atoms with Gasteiger partial charge in [0, 0.05) is 13.0 Å². The second-order valence-electron chi connectivity index (χ2n) is 4.99. The van der Waals surface area contributed by atoms with Gasteiger partial charge in [0.25, 0.3) is 0 Å². The molecule has 2 nitrogen and oxygen atoms in total. The van der Waals surface area contributed by atoms with Gasteiger partial charge in [0.05, 0.1) is 12.2 Å². The second kappa shape index (κ2) is 7.37. The van der Waals surface area contributed by atoms with Crippen LogP contribution in [-0.2, 0) is 4.74 Å². The summed E-state index contributed by atoms with van der Waals surface area (Å²) in [6.07, 6.45) is 2.93. The van der Waals surface area contributed by atoms with E-state index in [1.165, 1.54) is 6.07 Å². The van der Waals surface area contributed by atoms with E-state index in [0.29, 0.717) is 12.4 Å². The molecule has 0 heterocycles. The number of ether oxygens (including phenoxy) is 2. The van der Waals surface area contributed by atoms with E-state index < -0.39 is 0 Å². The maximum Gasteiger partial charge on any atom is 0.165 e. The fourth-order valence-electron chi connectivity index (χ4n) is 1.53. The summed E-state index contributed by atoms with van der Waals surface area (Å²) >= 11 is 0. The SMILES string of the molecule is CCCCOC(C)(C)CCOc1ccccc1F. The topological polar surface area (TPSA) is 18.5 Å². The highest BCUT2D eigenvalue weighted by Gasteiger charge is 2.18. The zero-order chi connectivity index (χ0) is 13.4. The summed E-state index contributed by atoms with van der Waals surface area (Å²) in [6.45, 7) is 7.43. The van der Waals surface area contributed by atoms with E-state index in [1.807, 2.05) is 13.8 Å². The van der Waals surface area contributed by atoms with Crippen LogP contribution in [0.3, 0.4) is 0 Å². The monoisotopic (exact) mass is 254 g/mol. The summed E-state index contributed by atoms with van der Waals surface area (Å²) in [5, 5.41) is 0. The Hall–Kier alpha value is -1.09. The maximum absolute atomic E-state index is 13.3. The van der Waals surface area contributed by atoms with Crippen LogP contribution in [0, 0.1) is 5.82 Å². The van der Waals surface area contributed by atoms with Crippen molar-refractivity contribution < 1.29 is 13.9 Å². The van der Waals surface area contributed by atoms with Crippen molar-refractivity contribution in [2.45, 2.75) is 45.6 Å². The molecule has 0 amide bonds. The van der Waals surface area contributed by atoms with E-state index in [1.54, 1.807) is 18.2 Å². The fraction of sp³-hybridized carbons (Fsp3) is 0.600. The molecule has 0 aliphatic carbocycles. The Morgan fingerprint density at radius 1 is 1.17 bits per heavy atom. The van der Waals surface area contributed by atoms with E-state index in [2.05, 4.69) is 6.92 Å². The Labute approximate surface area is 109 Å². The second-order valence-corrected chi connectivity index (χ2v) is 4.99. The summed E-state index contributed by atoms with van der Waals surface area (Å²) in [5.74, 6) is -0.0101. The molecule has 0 aliphatic heterocycles. The molecule has 0 bridgehead atoms. The van der Waals surface area contributed by atoms with E-state index in [-0.39, 0.29) is 11.4 Å². The quantitative estimate of drug-likeness (QED) is 0.648. The molecule has 0 saturated carbocycles.